The maximum Gasteiger partial charge on any atom is 0.103 e. The van der Waals surface area contributed by atoms with E-state index < -0.39 is 5.60 Å². The summed E-state index contributed by atoms with van der Waals surface area (Å²) >= 11 is 1.70. The van der Waals surface area contributed by atoms with Gasteiger partial charge in [-0.05, 0) is 36.6 Å². The molecule has 4 heteroatoms. The zero-order valence-electron chi connectivity index (χ0n) is 11.1. The van der Waals surface area contributed by atoms with Crippen molar-refractivity contribution in [3.05, 3.63) is 23.8 Å². The van der Waals surface area contributed by atoms with Crippen molar-refractivity contribution >= 4 is 17.4 Å². The number of nitrogens with zero attached hydrogens (tertiary/aromatic N) is 2. The van der Waals surface area contributed by atoms with E-state index in [1.807, 2.05) is 18.2 Å². The molecule has 1 heterocycles. The van der Waals surface area contributed by atoms with Crippen molar-refractivity contribution < 1.29 is 5.11 Å². The van der Waals surface area contributed by atoms with Gasteiger partial charge >= 0.3 is 0 Å². The Kier molecular flexibility index (Phi) is 3.20. The molecule has 1 aromatic rings. The molecular formula is C15H18N2OS. The first-order chi connectivity index (χ1) is 9.18. The Morgan fingerprint density at radius 1 is 1.47 bits per heavy atom. The Morgan fingerprint density at radius 3 is 2.79 bits per heavy atom. The lowest BCUT2D eigenvalue weighted by Gasteiger charge is -2.48. The molecule has 0 bridgehead atoms. The average Bonchev–Trinajstić information content (AvgIpc) is 3.19. The van der Waals surface area contributed by atoms with E-state index in [1.165, 1.54) is 0 Å². The summed E-state index contributed by atoms with van der Waals surface area (Å²) in [6.45, 7) is 3.44. The van der Waals surface area contributed by atoms with Gasteiger partial charge in [-0.15, -0.1) is 11.8 Å². The maximum absolute atomic E-state index is 10.4. The molecule has 3 nitrogen and oxygen atoms in total. The Labute approximate surface area is 118 Å². The van der Waals surface area contributed by atoms with Gasteiger partial charge in [-0.3, -0.25) is 0 Å². The van der Waals surface area contributed by atoms with Gasteiger partial charge in [-0.2, -0.15) is 5.26 Å². The Morgan fingerprint density at radius 2 is 2.21 bits per heavy atom. The van der Waals surface area contributed by atoms with Crippen LogP contribution in [0, 0.1) is 17.2 Å². The molecule has 0 radical (unpaired) electrons. The van der Waals surface area contributed by atoms with Crippen molar-refractivity contribution in [3.8, 4) is 6.07 Å². The van der Waals surface area contributed by atoms with Crippen molar-refractivity contribution in [1.82, 2.24) is 0 Å². The molecule has 0 amide bonds. The van der Waals surface area contributed by atoms with Crippen LogP contribution in [0.4, 0.5) is 5.69 Å². The lowest BCUT2D eigenvalue weighted by Crippen LogP contribution is -2.63. The minimum Gasteiger partial charge on any atom is -0.386 e. The summed E-state index contributed by atoms with van der Waals surface area (Å²) in [5, 5.41) is 19.8. The lowest BCUT2D eigenvalue weighted by atomic mass is 9.88. The molecule has 0 unspecified atom stereocenters. The average molecular weight is 274 g/mol. The third-order valence-electron chi connectivity index (χ3n) is 4.02. The first-order valence-electron chi connectivity index (χ1n) is 6.81. The third kappa shape index (κ3) is 2.22. The van der Waals surface area contributed by atoms with E-state index in [4.69, 9.17) is 0 Å². The highest BCUT2D eigenvalue weighted by Gasteiger charge is 2.52. The van der Waals surface area contributed by atoms with Gasteiger partial charge < -0.3 is 10.0 Å². The highest BCUT2D eigenvalue weighted by Crippen LogP contribution is 2.46. The molecule has 1 saturated carbocycles. The van der Waals surface area contributed by atoms with Crippen molar-refractivity contribution in [3.63, 3.8) is 0 Å². The Hall–Kier alpha value is -1.18. The number of aliphatic hydroxyl groups is 1. The molecule has 1 aliphatic heterocycles. The van der Waals surface area contributed by atoms with Crippen molar-refractivity contribution in [2.45, 2.75) is 30.3 Å². The first-order valence-corrected chi connectivity index (χ1v) is 7.80. The number of hydrogen-bond donors (Lipinski definition) is 1. The summed E-state index contributed by atoms with van der Waals surface area (Å²) in [6, 6.07) is 8.32. The molecule has 1 N–H and O–H groups in total. The van der Waals surface area contributed by atoms with Crippen LogP contribution in [0.2, 0.25) is 0 Å². The lowest BCUT2D eigenvalue weighted by molar-refractivity contribution is -0.00934. The largest absolute Gasteiger partial charge is 0.386 e. The third-order valence-corrected chi connectivity index (χ3v) is 4.96. The minimum atomic E-state index is -0.499. The van der Waals surface area contributed by atoms with E-state index in [0.29, 0.717) is 19.0 Å². The predicted molar refractivity (Wildman–Crippen MR) is 77.4 cm³/mol. The molecule has 0 aromatic heterocycles. The fourth-order valence-corrected chi connectivity index (χ4v) is 3.62. The molecule has 1 saturated heterocycles. The second kappa shape index (κ2) is 4.73. The van der Waals surface area contributed by atoms with E-state index >= 15 is 0 Å². The monoisotopic (exact) mass is 274 g/mol. The van der Waals surface area contributed by atoms with Gasteiger partial charge in [-0.25, -0.2) is 0 Å². The maximum atomic E-state index is 10.4. The summed E-state index contributed by atoms with van der Waals surface area (Å²) < 4.78 is 0. The first kappa shape index (κ1) is 12.8. The van der Waals surface area contributed by atoms with E-state index in [0.717, 1.165) is 34.7 Å². The van der Waals surface area contributed by atoms with E-state index in [9.17, 15) is 10.4 Å². The molecule has 0 spiro atoms. The summed E-state index contributed by atoms with van der Waals surface area (Å²) in [5.41, 5.74) is 1.24. The van der Waals surface area contributed by atoms with Crippen LogP contribution in [-0.2, 0) is 0 Å². The number of anilines is 1. The molecule has 19 heavy (non-hydrogen) atoms. The van der Waals surface area contributed by atoms with Gasteiger partial charge in [0.25, 0.3) is 0 Å². The van der Waals surface area contributed by atoms with Gasteiger partial charge in [-0.1, -0.05) is 13.0 Å². The van der Waals surface area contributed by atoms with Gasteiger partial charge in [0.2, 0.25) is 0 Å². The van der Waals surface area contributed by atoms with Gasteiger partial charge in [0.1, 0.15) is 11.7 Å². The minimum absolute atomic E-state index is 0.488. The molecule has 3 rings (SSSR count). The molecular weight excluding hydrogens is 256 g/mol. The van der Waals surface area contributed by atoms with Crippen LogP contribution in [0.1, 0.15) is 25.3 Å². The summed E-state index contributed by atoms with van der Waals surface area (Å²) in [4.78, 5) is 3.18. The normalized spacial score (nSPS) is 20.8. The zero-order chi connectivity index (χ0) is 13.5. The summed E-state index contributed by atoms with van der Waals surface area (Å²) in [5.74, 6) is 1.45. The number of β-amino-alcohol motifs (C(OH)–C–C–N with tert-alkyl or cyclic N) is 1. The molecule has 100 valence electrons. The number of hydrogen-bond acceptors (Lipinski definition) is 4. The highest BCUT2D eigenvalue weighted by atomic mass is 32.2. The van der Waals surface area contributed by atoms with Gasteiger partial charge in [0.05, 0.1) is 11.3 Å². The number of nitriles is 1. The molecule has 1 aromatic carbocycles. The van der Waals surface area contributed by atoms with Crippen LogP contribution >= 0.6 is 11.8 Å². The molecule has 1 aliphatic carbocycles. The van der Waals surface area contributed by atoms with Crippen LogP contribution in [0.15, 0.2) is 23.1 Å². The van der Waals surface area contributed by atoms with E-state index in [1.54, 1.807) is 11.8 Å². The zero-order valence-corrected chi connectivity index (χ0v) is 11.9. The number of thioether (sulfide) groups is 1. The Balaban J connectivity index is 1.82. The van der Waals surface area contributed by atoms with E-state index in [2.05, 4.69) is 17.9 Å². The number of benzene rings is 1. The van der Waals surface area contributed by atoms with Crippen LogP contribution in [0.5, 0.6) is 0 Å². The van der Waals surface area contributed by atoms with Crippen LogP contribution in [-0.4, -0.2) is 29.5 Å². The fraction of sp³-hybridized carbons (Fsp3) is 0.533. The SMILES string of the molecule is CCSc1cccc(N2CC(O)(C3CC3)C2)c1C#N. The van der Waals surface area contributed by atoms with Crippen molar-refractivity contribution in [2.75, 3.05) is 23.7 Å². The second-order valence-electron chi connectivity index (χ2n) is 5.43. The quantitative estimate of drug-likeness (QED) is 0.857. The standard InChI is InChI=1S/C15H18N2OS/c1-2-19-14-5-3-4-13(12(14)8-16)17-9-15(18,10-17)11-6-7-11/h3-5,11,18H,2,6-7,9-10H2,1H3. The van der Waals surface area contributed by atoms with Crippen LogP contribution in [0.3, 0.4) is 0 Å². The molecule has 0 atom stereocenters. The van der Waals surface area contributed by atoms with Crippen molar-refractivity contribution in [2.24, 2.45) is 5.92 Å². The Bertz CT molecular complexity index is 527. The van der Waals surface area contributed by atoms with Crippen LogP contribution < -0.4 is 4.90 Å². The number of rotatable bonds is 4. The van der Waals surface area contributed by atoms with E-state index in [-0.39, 0.29) is 0 Å². The topological polar surface area (TPSA) is 47.3 Å². The summed E-state index contributed by atoms with van der Waals surface area (Å²) in [6.07, 6.45) is 2.31. The van der Waals surface area contributed by atoms with Crippen LogP contribution in [0.25, 0.3) is 0 Å². The van der Waals surface area contributed by atoms with Gasteiger partial charge in [0, 0.05) is 18.0 Å². The molecule has 2 fully saturated rings. The smallest absolute Gasteiger partial charge is 0.103 e. The summed E-state index contributed by atoms with van der Waals surface area (Å²) in [7, 11) is 0. The second-order valence-corrected chi connectivity index (χ2v) is 6.73. The predicted octanol–water partition coefficient (Wildman–Crippen LogP) is 2.63. The fourth-order valence-electron chi connectivity index (χ4n) is 2.84. The van der Waals surface area contributed by atoms with Gasteiger partial charge in [0.15, 0.2) is 0 Å². The highest BCUT2D eigenvalue weighted by molar-refractivity contribution is 7.99. The molecule has 2 aliphatic rings. The van der Waals surface area contributed by atoms with Crippen molar-refractivity contribution in [1.29, 1.82) is 5.26 Å².